The normalized spacial score (nSPS) is 10.4. The Hall–Kier alpha value is -2.99. The van der Waals surface area contributed by atoms with Crippen LogP contribution in [0.1, 0.15) is 11.3 Å². The Morgan fingerprint density at radius 1 is 0.964 bits per heavy atom. The molecule has 0 spiro atoms. The average Bonchev–Trinajstić information content (AvgIpc) is 2.67. The second kappa shape index (κ2) is 9.28. The van der Waals surface area contributed by atoms with Gasteiger partial charge in [0, 0.05) is 35.1 Å². The molecule has 3 aromatic rings. The first-order valence-electron chi connectivity index (χ1n) is 8.90. The number of halogens is 1. The van der Waals surface area contributed by atoms with Crippen LogP contribution >= 0.6 is 11.6 Å². The molecule has 146 valence electrons. The molecule has 28 heavy (non-hydrogen) atoms. The third-order valence-electron chi connectivity index (χ3n) is 4.10. The zero-order chi connectivity index (χ0) is 19.9. The van der Waals surface area contributed by atoms with Crippen LogP contribution in [0, 0.1) is 6.92 Å². The first kappa shape index (κ1) is 19.8. The lowest BCUT2D eigenvalue weighted by molar-refractivity contribution is 0.355. The largest absolute Gasteiger partial charge is 0.493 e. The number of aryl methyl sites for hydroxylation is 1. The molecule has 0 aliphatic rings. The van der Waals surface area contributed by atoms with Gasteiger partial charge in [-0.15, -0.1) is 0 Å². The van der Waals surface area contributed by atoms with Crippen LogP contribution in [0.4, 0.5) is 17.5 Å². The zero-order valence-electron chi connectivity index (χ0n) is 16.1. The van der Waals surface area contributed by atoms with Crippen molar-refractivity contribution in [3.8, 4) is 11.5 Å². The summed E-state index contributed by atoms with van der Waals surface area (Å²) in [5.41, 5.74) is 2.88. The van der Waals surface area contributed by atoms with Crippen LogP contribution in [0.3, 0.4) is 0 Å². The summed E-state index contributed by atoms with van der Waals surface area (Å²) in [5, 5.41) is 7.29. The Kier molecular flexibility index (Phi) is 6.55. The molecular weight excluding hydrogens is 376 g/mol. The van der Waals surface area contributed by atoms with E-state index in [0.717, 1.165) is 28.4 Å². The summed E-state index contributed by atoms with van der Waals surface area (Å²) in [6, 6.07) is 15.3. The van der Waals surface area contributed by atoms with Gasteiger partial charge in [0.1, 0.15) is 5.82 Å². The third-order valence-corrected chi connectivity index (χ3v) is 4.33. The van der Waals surface area contributed by atoms with Gasteiger partial charge < -0.3 is 20.1 Å². The molecule has 1 aromatic heterocycles. The highest BCUT2D eigenvalue weighted by molar-refractivity contribution is 6.30. The molecule has 0 fully saturated rings. The van der Waals surface area contributed by atoms with E-state index < -0.39 is 0 Å². The van der Waals surface area contributed by atoms with Crippen molar-refractivity contribution in [2.45, 2.75) is 13.3 Å². The number of ether oxygens (including phenoxy) is 2. The molecule has 2 aromatic carbocycles. The van der Waals surface area contributed by atoms with Crippen molar-refractivity contribution < 1.29 is 9.47 Å². The molecule has 6 nitrogen and oxygen atoms in total. The van der Waals surface area contributed by atoms with E-state index in [0.29, 0.717) is 29.8 Å². The van der Waals surface area contributed by atoms with Gasteiger partial charge >= 0.3 is 0 Å². The maximum absolute atomic E-state index is 6.03. The van der Waals surface area contributed by atoms with Crippen molar-refractivity contribution in [1.82, 2.24) is 9.97 Å². The lowest BCUT2D eigenvalue weighted by Gasteiger charge is -2.12. The Balaban J connectivity index is 1.67. The minimum Gasteiger partial charge on any atom is -0.493 e. The number of nitrogens with zero attached hydrogens (tertiary/aromatic N) is 2. The van der Waals surface area contributed by atoms with Crippen LogP contribution in [0.25, 0.3) is 0 Å². The highest BCUT2D eigenvalue weighted by atomic mass is 35.5. The van der Waals surface area contributed by atoms with Gasteiger partial charge in [-0.1, -0.05) is 23.7 Å². The fourth-order valence-corrected chi connectivity index (χ4v) is 3.00. The molecule has 0 amide bonds. The molecule has 7 heteroatoms. The smallest absolute Gasteiger partial charge is 0.224 e. The molecule has 0 unspecified atom stereocenters. The van der Waals surface area contributed by atoms with E-state index >= 15 is 0 Å². The van der Waals surface area contributed by atoms with E-state index in [1.54, 1.807) is 14.2 Å². The van der Waals surface area contributed by atoms with E-state index in [9.17, 15) is 0 Å². The summed E-state index contributed by atoms with van der Waals surface area (Å²) in [6.07, 6.45) is 0.830. The van der Waals surface area contributed by atoms with Crippen LogP contribution < -0.4 is 20.1 Å². The van der Waals surface area contributed by atoms with E-state index in [4.69, 9.17) is 21.1 Å². The van der Waals surface area contributed by atoms with Crippen molar-refractivity contribution in [1.29, 1.82) is 0 Å². The highest BCUT2D eigenvalue weighted by Gasteiger charge is 2.07. The van der Waals surface area contributed by atoms with Gasteiger partial charge in [-0.25, -0.2) is 4.98 Å². The molecule has 1 heterocycles. The van der Waals surface area contributed by atoms with Gasteiger partial charge in [0.25, 0.3) is 0 Å². The molecule has 0 radical (unpaired) electrons. The summed E-state index contributed by atoms with van der Waals surface area (Å²) in [6.45, 7) is 2.64. The Labute approximate surface area is 169 Å². The van der Waals surface area contributed by atoms with Crippen molar-refractivity contribution in [2.24, 2.45) is 0 Å². The summed E-state index contributed by atoms with van der Waals surface area (Å²) in [5.74, 6) is 2.60. The quantitative estimate of drug-likeness (QED) is 0.565. The predicted molar refractivity (Wildman–Crippen MR) is 113 cm³/mol. The Bertz CT molecular complexity index is 949. The topological polar surface area (TPSA) is 68.3 Å². The number of aromatic nitrogens is 2. The molecule has 0 atom stereocenters. The molecular formula is C21H23ClN4O2. The number of nitrogens with one attached hydrogen (secondary N) is 2. The summed E-state index contributed by atoms with van der Waals surface area (Å²) >= 11 is 6.03. The van der Waals surface area contributed by atoms with Gasteiger partial charge in [0.15, 0.2) is 11.5 Å². The zero-order valence-corrected chi connectivity index (χ0v) is 16.9. The first-order valence-corrected chi connectivity index (χ1v) is 9.28. The molecule has 0 saturated heterocycles. The number of benzene rings is 2. The van der Waals surface area contributed by atoms with Gasteiger partial charge in [-0.2, -0.15) is 4.98 Å². The van der Waals surface area contributed by atoms with Crippen LogP contribution in [0.5, 0.6) is 11.5 Å². The number of hydrogen-bond acceptors (Lipinski definition) is 6. The van der Waals surface area contributed by atoms with Crippen molar-refractivity contribution in [3.05, 3.63) is 64.8 Å². The summed E-state index contributed by atoms with van der Waals surface area (Å²) in [7, 11) is 3.22. The fraction of sp³-hybridized carbons (Fsp3) is 0.238. The van der Waals surface area contributed by atoms with Crippen LogP contribution in [0.15, 0.2) is 48.5 Å². The summed E-state index contributed by atoms with van der Waals surface area (Å²) in [4.78, 5) is 9.00. The van der Waals surface area contributed by atoms with Gasteiger partial charge in [-0.05, 0) is 43.2 Å². The van der Waals surface area contributed by atoms with Gasteiger partial charge in [-0.3, -0.25) is 0 Å². The van der Waals surface area contributed by atoms with Gasteiger partial charge in [0.2, 0.25) is 5.95 Å². The van der Waals surface area contributed by atoms with E-state index in [1.807, 2.05) is 49.4 Å². The molecule has 0 saturated carbocycles. The maximum atomic E-state index is 6.03. The van der Waals surface area contributed by atoms with E-state index in [-0.39, 0.29) is 0 Å². The lowest BCUT2D eigenvalue weighted by Crippen LogP contribution is -2.09. The molecule has 0 bridgehead atoms. The van der Waals surface area contributed by atoms with Crippen LogP contribution in [-0.2, 0) is 6.42 Å². The number of hydrogen-bond donors (Lipinski definition) is 2. The average molecular weight is 399 g/mol. The molecule has 3 rings (SSSR count). The number of rotatable bonds is 8. The highest BCUT2D eigenvalue weighted by Crippen LogP contribution is 2.31. The SMILES string of the molecule is COc1ccc(Nc2cc(C)nc(NCCc3cccc(Cl)c3)n2)cc1OC. The monoisotopic (exact) mass is 398 g/mol. The van der Waals surface area contributed by atoms with Gasteiger partial charge in [0.05, 0.1) is 14.2 Å². The Morgan fingerprint density at radius 2 is 1.79 bits per heavy atom. The van der Waals surface area contributed by atoms with Crippen molar-refractivity contribution in [3.63, 3.8) is 0 Å². The minimum atomic E-state index is 0.574. The molecule has 0 aliphatic carbocycles. The first-order chi connectivity index (χ1) is 13.6. The van der Waals surface area contributed by atoms with E-state index in [1.165, 1.54) is 0 Å². The maximum Gasteiger partial charge on any atom is 0.224 e. The van der Waals surface area contributed by atoms with Crippen molar-refractivity contribution >= 4 is 29.1 Å². The standard InChI is InChI=1S/C21H23ClN4O2/c1-14-11-20(25-17-7-8-18(27-2)19(13-17)28-3)26-21(24-14)23-10-9-15-5-4-6-16(22)12-15/h4-8,11-13H,9-10H2,1-3H3,(H2,23,24,25,26). The third kappa shape index (κ3) is 5.27. The second-order valence-corrected chi connectivity index (χ2v) is 6.66. The number of methoxy groups -OCH3 is 2. The second-order valence-electron chi connectivity index (χ2n) is 6.22. The van der Waals surface area contributed by atoms with Crippen LogP contribution in [-0.4, -0.2) is 30.7 Å². The number of anilines is 3. The predicted octanol–water partition coefficient (Wildman–Crippen LogP) is 4.85. The summed E-state index contributed by atoms with van der Waals surface area (Å²) < 4.78 is 10.6. The lowest BCUT2D eigenvalue weighted by atomic mass is 10.1. The fourth-order valence-electron chi connectivity index (χ4n) is 2.78. The molecule has 2 N–H and O–H groups in total. The van der Waals surface area contributed by atoms with Crippen molar-refractivity contribution in [2.75, 3.05) is 31.4 Å². The van der Waals surface area contributed by atoms with E-state index in [2.05, 4.69) is 26.7 Å². The molecule has 0 aliphatic heterocycles. The minimum absolute atomic E-state index is 0.574. The Morgan fingerprint density at radius 3 is 2.54 bits per heavy atom. The van der Waals surface area contributed by atoms with Crippen LogP contribution in [0.2, 0.25) is 5.02 Å².